The van der Waals surface area contributed by atoms with Crippen LogP contribution in [0.3, 0.4) is 0 Å². The molecule has 3 rings (SSSR count). The van der Waals surface area contributed by atoms with Gasteiger partial charge in [-0.25, -0.2) is 4.79 Å². The van der Waals surface area contributed by atoms with Gasteiger partial charge in [0.25, 0.3) is 0 Å². The number of benzene rings is 1. The molecule has 0 aromatic heterocycles. The minimum absolute atomic E-state index is 0.0964. The second-order valence-corrected chi connectivity index (χ2v) is 11.7. The van der Waals surface area contributed by atoms with Crippen LogP contribution in [0.15, 0.2) is 24.3 Å². The summed E-state index contributed by atoms with van der Waals surface area (Å²) in [5, 5.41) is 10.8. The van der Waals surface area contributed by atoms with E-state index in [1.54, 1.807) is 31.2 Å². The first kappa shape index (κ1) is 35.0. The molecule has 246 valence electrons. The van der Waals surface area contributed by atoms with E-state index in [2.05, 4.69) is 21.3 Å². The van der Waals surface area contributed by atoms with Crippen molar-refractivity contribution in [3.05, 3.63) is 29.8 Å². The van der Waals surface area contributed by atoms with Gasteiger partial charge in [0.15, 0.2) is 0 Å². The summed E-state index contributed by atoms with van der Waals surface area (Å²) in [6, 6.07) is 4.99. The topological polar surface area (TPSA) is 206 Å². The zero-order chi connectivity index (χ0) is 33.0. The van der Waals surface area contributed by atoms with Gasteiger partial charge >= 0.3 is 12.0 Å². The zero-order valence-electron chi connectivity index (χ0n) is 25.9. The van der Waals surface area contributed by atoms with Crippen LogP contribution in [0.5, 0.6) is 0 Å². The highest BCUT2D eigenvalue weighted by Crippen LogP contribution is 2.41. The quantitative estimate of drug-likeness (QED) is 0.0737. The van der Waals surface area contributed by atoms with Gasteiger partial charge in [0.2, 0.25) is 29.5 Å². The molecule has 7 amide bonds. The number of urea groups is 1. The number of nitrogens with one attached hydrogen (secondary N) is 4. The number of rotatable bonds is 17. The molecule has 14 nitrogen and oxygen atoms in total. The van der Waals surface area contributed by atoms with Gasteiger partial charge in [0.1, 0.15) is 18.1 Å². The lowest BCUT2D eigenvalue weighted by Gasteiger charge is -2.39. The monoisotopic (exact) mass is 628 g/mol. The summed E-state index contributed by atoms with van der Waals surface area (Å²) in [5.41, 5.74) is 5.04. The van der Waals surface area contributed by atoms with Crippen molar-refractivity contribution in [1.82, 2.24) is 20.9 Å². The third kappa shape index (κ3) is 10.0. The van der Waals surface area contributed by atoms with Crippen LogP contribution in [0, 0.1) is 11.3 Å². The Morgan fingerprint density at radius 1 is 0.978 bits per heavy atom. The molecule has 0 radical (unpaired) electrons. The van der Waals surface area contributed by atoms with Crippen molar-refractivity contribution in [3.8, 4) is 0 Å². The minimum atomic E-state index is -1.28. The van der Waals surface area contributed by atoms with Crippen LogP contribution in [0.2, 0.25) is 0 Å². The Morgan fingerprint density at radius 2 is 1.67 bits per heavy atom. The Kier molecular flexibility index (Phi) is 12.9. The normalized spacial score (nSPS) is 17.6. The molecular formula is C31H44N6O8. The fourth-order valence-electron chi connectivity index (χ4n) is 5.30. The largest absolute Gasteiger partial charge is 0.461 e. The van der Waals surface area contributed by atoms with E-state index in [4.69, 9.17) is 10.5 Å². The Labute approximate surface area is 262 Å². The molecule has 2 fully saturated rings. The Hall–Kier alpha value is -4.49. The number of esters is 1. The number of hydrogen-bond acceptors (Lipinski definition) is 8. The number of nitrogens with zero attached hydrogens (tertiary/aromatic N) is 1. The highest BCUT2D eigenvalue weighted by molar-refractivity contribution is 6.08. The van der Waals surface area contributed by atoms with E-state index in [0.29, 0.717) is 63.7 Å². The molecule has 6 N–H and O–H groups in total. The van der Waals surface area contributed by atoms with Crippen LogP contribution >= 0.6 is 0 Å². The lowest BCUT2D eigenvalue weighted by molar-refractivity contribution is -0.151. The molecule has 1 aliphatic carbocycles. The maximum absolute atomic E-state index is 13.5. The molecule has 0 spiro atoms. The van der Waals surface area contributed by atoms with Gasteiger partial charge in [-0.2, -0.15) is 0 Å². The molecule has 1 saturated heterocycles. The number of carbonyl (C=O) groups excluding carboxylic acids is 7. The lowest BCUT2D eigenvalue weighted by atomic mass is 9.67. The summed E-state index contributed by atoms with van der Waals surface area (Å²) in [6.07, 6.45) is 4.10. The maximum Gasteiger partial charge on any atom is 0.312 e. The molecule has 1 unspecified atom stereocenters. The second-order valence-electron chi connectivity index (χ2n) is 11.7. The van der Waals surface area contributed by atoms with E-state index >= 15 is 0 Å². The third-order valence-electron chi connectivity index (χ3n) is 8.14. The number of anilines is 1. The minimum Gasteiger partial charge on any atom is -0.461 e. The standard InChI is InChI=1S/C31H44N6O8/c1-20-18-25(39)37(27(20)41)17-5-3-4-15-33-28(42)31(13-7-14-31)29(43)36-24(8-6-16-34-30(32)44)26(40)35-23-11-9-22(10-12-23)19-45-21(2)38/h9-12,20,24H,3-8,13-19H2,1-2H3,(H,33,42)(H,35,40)(H,36,43)(H3,32,34,44)/t20?,24-/m0/s1. The highest BCUT2D eigenvalue weighted by atomic mass is 16.5. The number of unbranched alkanes of at least 4 members (excludes halogenated alkanes) is 2. The summed E-state index contributed by atoms with van der Waals surface area (Å²) in [7, 11) is 0. The first-order valence-electron chi connectivity index (χ1n) is 15.4. The second kappa shape index (κ2) is 16.5. The average molecular weight is 629 g/mol. The van der Waals surface area contributed by atoms with Gasteiger partial charge in [-0.3, -0.25) is 33.7 Å². The molecule has 45 heavy (non-hydrogen) atoms. The molecule has 1 saturated carbocycles. The van der Waals surface area contributed by atoms with Crippen LogP contribution in [-0.4, -0.2) is 72.1 Å². The Bertz CT molecular complexity index is 1260. The number of primary amides is 1. The van der Waals surface area contributed by atoms with Gasteiger partial charge in [-0.1, -0.05) is 25.5 Å². The van der Waals surface area contributed by atoms with Crippen molar-refractivity contribution < 1.29 is 38.3 Å². The van der Waals surface area contributed by atoms with E-state index in [-0.39, 0.29) is 43.7 Å². The van der Waals surface area contributed by atoms with E-state index in [9.17, 15) is 33.6 Å². The van der Waals surface area contributed by atoms with E-state index < -0.39 is 41.2 Å². The summed E-state index contributed by atoms with van der Waals surface area (Å²) >= 11 is 0. The smallest absolute Gasteiger partial charge is 0.312 e. The molecule has 2 aliphatic rings. The summed E-state index contributed by atoms with van der Waals surface area (Å²) in [4.78, 5) is 87.3. The molecular weight excluding hydrogens is 584 g/mol. The van der Waals surface area contributed by atoms with Gasteiger partial charge in [0.05, 0.1) is 0 Å². The predicted molar refractivity (Wildman–Crippen MR) is 163 cm³/mol. The number of ether oxygens (including phenoxy) is 1. The van der Waals surface area contributed by atoms with Crippen molar-refractivity contribution in [2.75, 3.05) is 25.0 Å². The SMILES string of the molecule is CC(=O)OCc1ccc(NC(=O)[C@H](CCCNC(N)=O)NC(=O)C2(C(=O)NCCCCCN3C(=O)CC(C)C3=O)CCC2)cc1. The lowest BCUT2D eigenvalue weighted by Crippen LogP contribution is -2.58. The van der Waals surface area contributed by atoms with Crippen molar-refractivity contribution >= 4 is 47.2 Å². The van der Waals surface area contributed by atoms with Crippen LogP contribution in [0.4, 0.5) is 10.5 Å². The van der Waals surface area contributed by atoms with Gasteiger partial charge in [-0.05, 0) is 62.6 Å². The zero-order valence-corrected chi connectivity index (χ0v) is 25.9. The van der Waals surface area contributed by atoms with E-state index in [1.807, 2.05) is 0 Å². The molecule has 1 heterocycles. The van der Waals surface area contributed by atoms with Crippen LogP contribution in [0.25, 0.3) is 0 Å². The van der Waals surface area contributed by atoms with Gasteiger partial charge in [0, 0.05) is 44.6 Å². The molecule has 1 aromatic rings. The number of carbonyl (C=O) groups is 7. The highest BCUT2D eigenvalue weighted by Gasteiger charge is 2.51. The molecule has 1 aliphatic heterocycles. The fraction of sp³-hybridized carbons (Fsp3) is 0.581. The van der Waals surface area contributed by atoms with Crippen LogP contribution < -0.4 is 27.0 Å². The van der Waals surface area contributed by atoms with Crippen LogP contribution in [0.1, 0.15) is 77.2 Å². The number of amides is 7. The predicted octanol–water partition coefficient (Wildman–Crippen LogP) is 1.47. The van der Waals surface area contributed by atoms with E-state index in [0.717, 1.165) is 5.56 Å². The molecule has 1 aromatic carbocycles. The third-order valence-corrected chi connectivity index (χ3v) is 8.14. The Morgan fingerprint density at radius 3 is 2.24 bits per heavy atom. The van der Waals surface area contributed by atoms with Crippen molar-refractivity contribution in [3.63, 3.8) is 0 Å². The fourth-order valence-corrected chi connectivity index (χ4v) is 5.30. The molecule has 0 bridgehead atoms. The number of imide groups is 1. The maximum atomic E-state index is 13.5. The first-order valence-corrected chi connectivity index (χ1v) is 15.4. The molecule has 14 heteroatoms. The number of nitrogens with two attached hydrogens (primary N) is 1. The summed E-state index contributed by atoms with van der Waals surface area (Å²) < 4.78 is 4.97. The van der Waals surface area contributed by atoms with Crippen molar-refractivity contribution in [2.45, 2.75) is 84.3 Å². The van der Waals surface area contributed by atoms with Crippen molar-refractivity contribution in [2.24, 2.45) is 17.1 Å². The number of likely N-dealkylation sites (tertiary alicyclic amines) is 1. The summed E-state index contributed by atoms with van der Waals surface area (Å²) in [6.45, 7) is 4.05. The van der Waals surface area contributed by atoms with Crippen molar-refractivity contribution in [1.29, 1.82) is 0 Å². The van der Waals surface area contributed by atoms with Crippen LogP contribution in [-0.2, 0) is 40.1 Å². The van der Waals surface area contributed by atoms with Gasteiger partial charge < -0.3 is 31.7 Å². The first-order chi connectivity index (χ1) is 21.4. The van der Waals surface area contributed by atoms with Gasteiger partial charge in [-0.15, -0.1) is 0 Å². The van der Waals surface area contributed by atoms with E-state index in [1.165, 1.54) is 11.8 Å². The summed E-state index contributed by atoms with van der Waals surface area (Å²) in [5.74, 6) is -2.40. The Balaban J connectivity index is 1.53. The molecule has 2 atom stereocenters. The number of hydrogen-bond donors (Lipinski definition) is 5. The average Bonchev–Trinajstić information content (AvgIpc) is 3.20.